The molecule has 6 heteroatoms. The van der Waals surface area contributed by atoms with Crippen molar-refractivity contribution in [2.24, 2.45) is 5.92 Å². The predicted octanol–water partition coefficient (Wildman–Crippen LogP) is 0.261. The van der Waals surface area contributed by atoms with E-state index < -0.39 is 0 Å². The van der Waals surface area contributed by atoms with Gasteiger partial charge in [-0.2, -0.15) is 0 Å². The molecular formula is C10H21Cl2N3O. The summed E-state index contributed by atoms with van der Waals surface area (Å²) >= 11 is 0. The molecule has 4 nitrogen and oxygen atoms in total. The largest absolute Gasteiger partial charge is 0.355 e. The van der Waals surface area contributed by atoms with Crippen LogP contribution in [-0.2, 0) is 4.79 Å². The van der Waals surface area contributed by atoms with E-state index in [1.807, 2.05) is 0 Å². The Kier molecular flexibility index (Phi) is 8.10. The Bertz CT molecular complexity index is 206. The van der Waals surface area contributed by atoms with Gasteiger partial charge in [0.1, 0.15) is 0 Å². The van der Waals surface area contributed by atoms with Crippen LogP contribution < -0.4 is 10.6 Å². The third-order valence-corrected chi connectivity index (χ3v) is 2.89. The van der Waals surface area contributed by atoms with Crippen LogP contribution in [0, 0.1) is 5.92 Å². The maximum absolute atomic E-state index is 11.3. The fraction of sp³-hybridized carbons (Fsp3) is 0.900. The fourth-order valence-corrected chi connectivity index (χ4v) is 1.76. The lowest BCUT2D eigenvalue weighted by molar-refractivity contribution is -0.122. The number of hydrogen-bond acceptors (Lipinski definition) is 3. The summed E-state index contributed by atoms with van der Waals surface area (Å²) in [5.41, 5.74) is 0. The lowest BCUT2D eigenvalue weighted by Gasteiger charge is -2.27. The number of carbonyl (C=O) groups excluding carboxylic acids is 1. The minimum absolute atomic E-state index is 0. The summed E-state index contributed by atoms with van der Waals surface area (Å²) in [5.74, 6) is 0.609. The molecule has 0 radical (unpaired) electrons. The van der Waals surface area contributed by atoms with E-state index in [0.717, 1.165) is 52.1 Å². The summed E-state index contributed by atoms with van der Waals surface area (Å²) in [6.45, 7) is 6.20. The van der Waals surface area contributed by atoms with E-state index in [4.69, 9.17) is 0 Å². The van der Waals surface area contributed by atoms with Crippen molar-refractivity contribution in [2.45, 2.75) is 12.8 Å². The molecule has 0 unspecified atom stereocenters. The summed E-state index contributed by atoms with van der Waals surface area (Å²) in [4.78, 5) is 13.7. The van der Waals surface area contributed by atoms with Gasteiger partial charge in [-0.05, 0) is 12.8 Å². The van der Waals surface area contributed by atoms with Gasteiger partial charge in [0.2, 0.25) is 5.91 Å². The Morgan fingerprint density at radius 1 is 1.25 bits per heavy atom. The van der Waals surface area contributed by atoms with Crippen molar-refractivity contribution in [1.82, 2.24) is 15.5 Å². The maximum Gasteiger partial charge on any atom is 0.223 e. The van der Waals surface area contributed by atoms with Crippen LogP contribution in [0.1, 0.15) is 12.8 Å². The topological polar surface area (TPSA) is 44.4 Å². The number of hydrogen-bond donors (Lipinski definition) is 2. The average Bonchev–Trinajstić information content (AvgIpc) is 3.02. The van der Waals surface area contributed by atoms with Crippen LogP contribution >= 0.6 is 24.8 Å². The van der Waals surface area contributed by atoms with Gasteiger partial charge in [-0.15, -0.1) is 24.8 Å². The molecular weight excluding hydrogens is 249 g/mol. The van der Waals surface area contributed by atoms with Crippen molar-refractivity contribution < 1.29 is 4.79 Å². The minimum atomic E-state index is 0. The van der Waals surface area contributed by atoms with Crippen LogP contribution in [0.25, 0.3) is 0 Å². The van der Waals surface area contributed by atoms with Crippen molar-refractivity contribution in [3.8, 4) is 0 Å². The zero-order valence-electron chi connectivity index (χ0n) is 9.41. The van der Waals surface area contributed by atoms with Gasteiger partial charge in [-0.3, -0.25) is 9.69 Å². The molecule has 0 aromatic carbocycles. The molecule has 0 aromatic rings. The first-order valence-electron chi connectivity index (χ1n) is 5.57. The van der Waals surface area contributed by atoms with Crippen LogP contribution in [-0.4, -0.2) is 50.1 Å². The SMILES string of the molecule is Cl.Cl.O=C(NCCN1CCNCC1)C1CC1. The maximum atomic E-state index is 11.3. The molecule has 0 bridgehead atoms. The highest BCUT2D eigenvalue weighted by Gasteiger charge is 2.29. The van der Waals surface area contributed by atoms with Crippen LogP contribution in [0.15, 0.2) is 0 Å². The molecule has 2 aliphatic rings. The number of rotatable bonds is 4. The Morgan fingerprint density at radius 3 is 2.44 bits per heavy atom. The second kappa shape index (κ2) is 8.12. The van der Waals surface area contributed by atoms with Gasteiger partial charge >= 0.3 is 0 Å². The fourth-order valence-electron chi connectivity index (χ4n) is 1.76. The number of carbonyl (C=O) groups is 1. The molecule has 1 aliphatic carbocycles. The molecule has 0 spiro atoms. The standard InChI is InChI=1S/C10H19N3O.2ClH/c14-10(9-1-2-9)12-5-8-13-6-3-11-4-7-13;;/h9,11H,1-8H2,(H,12,14);2*1H. The van der Waals surface area contributed by atoms with Crippen LogP contribution in [0.5, 0.6) is 0 Å². The molecule has 0 aromatic heterocycles. The highest BCUT2D eigenvalue weighted by Crippen LogP contribution is 2.28. The van der Waals surface area contributed by atoms with Gasteiger partial charge in [0.05, 0.1) is 0 Å². The smallest absolute Gasteiger partial charge is 0.223 e. The molecule has 96 valence electrons. The van der Waals surface area contributed by atoms with E-state index in [9.17, 15) is 4.79 Å². The van der Waals surface area contributed by atoms with E-state index in [2.05, 4.69) is 15.5 Å². The Labute approximate surface area is 109 Å². The molecule has 2 rings (SSSR count). The van der Waals surface area contributed by atoms with Gasteiger partial charge in [0.25, 0.3) is 0 Å². The van der Waals surface area contributed by atoms with E-state index in [0.29, 0.717) is 5.92 Å². The number of halogens is 2. The van der Waals surface area contributed by atoms with E-state index in [-0.39, 0.29) is 30.7 Å². The monoisotopic (exact) mass is 269 g/mol. The Morgan fingerprint density at radius 2 is 1.88 bits per heavy atom. The zero-order chi connectivity index (χ0) is 9.80. The molecule has 1 saturated heterocycles. The van der Waals surface area contributed by atoms with Crippen molar-refractivity contribution in [3.63, 3.8) is 0 Å². The summed E-state index contributed by atoms with van der Waals surface area (Å²) in [5, 5.41) is 6.30. The lowest BCUT2D eigenvalue weighted by Crippen LogP contribution is -2.46. The van der Waals surface area contributed by atoms with Gasteiger partial charge in [-0.25, -0.2) is 0 Å². The molecule has 1 heterocycles. The third kappa shape index (κ3) is 5.34. The molecule has 1 amide bonds. The van der Waals surface area contributed by atoms with Crippen LogP contribution in [0.3, 0.4) is 0 Å². The second-order valence-corrected chi connectivity index (χ2v) is 4.16. The Hall–Kier alpha value is -0.0300. The third-order valence-electron chi connectivity index (χ3n) is 2.89. The van der Waals surface area contributed by atoms with E-state index in [1.54, 1.807) is 0 Å². The van der Waals surface area contributed by atoms with E-state index in [1.165, 1.54) is 0 Å². The number of nitrogens with zero attached hydrogens (tertiary/aromatic N) is 1. The summed E-state index contributed by atoms with van der Waals surface area (Å²) in [7, 11) is 0. The zero-order valence-corrected chi connectivity index (χ0v) is 11.0. The molecule has 2 N–H and O–H groups in total. The molecule has 16 heavy (non-hydrogen) atoms. The van der Waals surface area contributed by atoms with Gasteiger partial charge in [-0.1, -0.05) is 0 Å². The predicted molar refractivity (Wildman–Crippen MR) is 69.5 cm³/mol. The minimum Gasteiger partial charge on any atom is -0.355 e. The van der Waals surface area contributed by atoms with Crippen LogP contribution in [0.4, 0.5) is 0 Å². The van der Waals surface area contributed by atoms with Gasteiger partial charge in [0.15, 0.2) is 0 Å². The quantitative estimate of drug-likeness (QED) is 0.770. The van der Waals surface area contributed by atoms with Crippen molar-refractivity contribution in [2.75, 3.05) is 39.3 Å². The van der Waals surface area contributed by atoms with Crippen LogP contribution in [0.2, 0.25) is 0 Å². The number of piperazine rings is 1. The summed E-state index contributed by atoms with van der Waals surface area (Å²) in [6, 6.07) is 0. The first kappa shape index (κ1) is 16.0. The molecule has 1 aliphatic heterocycles. The highest BCUT2D eigenvalue weighted by molar-refractivity contribution is 5.85. The molecule has 2 fully saturated rings. The average molecular weight is 270 g/mol. The number of amides is 1. The first-order chi connectivity index (χ1) is 6.86. The van der Waals surface area contributed by atoms with E-state index >= 15 is 0 Å². The highest BCUT2D eigenvalue weighted by atomic mass is 35.5. The summed E-state index contributed by atoms with van der Waals surface area (Å²) in [6.07, 6.45) is 2.19. The Balaban J connectivity index is 0.00000112. The van der Waals surface area contributed by atoms with Gasteiger partial charge in [0, 0.05) is 45.2 Å². The van der Waals surface area contributed by atoms with Crippen molar-refractivity contribution >= 4 is 30.7 Å². The lowest BCUT2D eigenvalue weighted by atomic mass is 10.3. The molecule has 1 saturated carbocycles. The second-order valence-electron chi connectivity index (χ2n) is 4.16. The first-order valence-corrected chi connectivity index (χ1v) is 5.57. The van der Waals surface area contributed by atoms with Crippen molar-refractivity contribution in [1.29, 1.82) is 0 Å². The summed E-state index contributed by atoms with van der Waals surface area (Å²) < 4.78 is 0. The van der Waals surface area contributed by atoms with Gasteiger partial charge < -0.3 is 10.6 Å². The molecule has 0 atom stereocenters. The normalized spacial score (nSPS) is 20.5. The van der Waals surface area contributed by atoms with Crippen molar-refractivity contribution in [3.05, 3.63) is 0 Å². The number of nitrogens with one attached hydrogen (secondary N) is 2.